The minimum Gasteiger partial charge on any atom is -0.399 e. The second-order valence-electron chi connectivity index (χ2n) is 5.51. The van der Waals surface area contributed by atoms with Crippen LogP contribution < -0.4 is 21.8 Å². The molecular weight excluding hydrogens is 332 g/mol. The van der Waals surface area contributed by atoms with Gasteiger partial charge in [-0.3, -0.25) is 14.8 Å². The van der Waals surface area contributed by atoms with Gasteiger partial charge in [-0.15, -0.1) is 0 Å². The third-order valence-electron chi connectivity index (χ3n) is 3.55. The number of amides is 2. The van der Waals surface area contributed by atoms with E-state index < -0.39 is 17.9 Å². The zero-order valence-corrected chi connectivity index (χ0v) is 14.2. The Morgan fingerprint density at radius 1 is 1.04 bits per heavy atom. The Hall–Kier alpha value is -3.34. The van der Waals surface area contributed by atoms with E-state index in [1.54, 1.807) is 43.4 Å². The molecular formula is C19H20N4O3. The highest BCUT2D eigenvalue weighted by Gasteiger charge is 2.20. The first-order valence-electron chi connectivity index (χ1n) is 7.90. The number of likely N-dealkylation sites (N-methyl/N-ethyl adjacent to an activating group) is 1. The fraction of sp³-hybridized carbons (Fsp3) is 0.158. The highest BCUT2D eigenvalue weighted by atomic mass is 16.5. The molecule has 0 saturated heterocycles. The first kappa shape index (κ1) is 19.0. The lowest BCUT2D eigenvalue weighted by Crippen LogP contribution is -2.50. The predicted octanol–water partition coefficient (Wildman–Crippen LogP) is 0.492. The molecule has 0 aliphatic carbocycles. The molecule has 26 heavy (non-hydrogen) atoms. The number of carbonyl (C=O) groups excluding carboxylic acids is 2. The van der Waals surface area contributed by atoms with Crippen molar-refractivity contribution in [1.82, 2.24) is 16.1 Å². The average molecular weight is 352 g/mol. The number of hydrogen-bond acceptors (Lipinski definition) is 5. The van der Waals surface area contributed by atoms with E-state index >= 15 is 0 Å². The summed E-state index contributed by atoms with van der Waals surface area (Å²) in [5, 5.41) is 14.0. The van der Waals surface area contributed by atoms with E-state index in [1.807, 2.05) is 12.1 Å². The van der Waals surface area contributed by atoms with Gasteiger partial charge in [0, 0.05) is 28.9 Å². The molecule has 0 spiro atoms. The molecule has 0 fully saturated rings. The predicted molar refractivity (Wildman–Crippen MR) is 98.4 cm³/mol. The summed E-state index contributed by atoms with van der Waals surface area (Å²) in [5.41, 5.74) is 9.81. The van der Waals surface area contributed by atoms with Gasteiger partial charge in [-0.1, -0.05) is 11.8 Å². The Morgan fingerprint density at radius 2 is 1.58 bits per heavy atom. The van der Waals surface area contributed by atoms with Crippen molar-refractivity contribution < 1.29 is 14.8 Å². The van der Waals surface area contributed by atoms with Crippen LogP contribution in [0.3, 0.4) is 0 Å². The van der Waals surface area contributed by atoms with E-state index in [9.17, 15) is 9.59 Å². The van der Waals surface area contributed by atoms with Crippen molar-refractivity contribution in [2.45, 2.75) is 6.04 Å². The Bertz CT molecular complexity index is 821. The summed E-state index contributed by atoms with van der Waals surface area (Å²) >= 11 is 0. The standard InChI is InChI=1S/C19H20N4O3/c1-21-12-17(19(25)23-26)22-18(24)15-8-4-13(5-9-15)2-3-14-6-10-16(20)11-7-14/h4-11,17,21,26H,12,20H2,1H3,(H,22,24)(H,23,25). The smallest absolute Gasteiger partial charge is 0.267 e. The maximum atomic E-state index is 12.2. The minimum absolute atomic E-state index is 0.184. The van der Waals surface area contributed by atoms with Gasteiger partial charge in [0.25, 0.3) is 11.8 Å². The average Bonchev–Trinajstić information content (AvgIpc) is 2.67. The molecule has 0 aliphatic rings. The van der Waals surface area contributed by atoms with Crippen LogP contribution in [0, 0.1) is 11.8 Å². The van der Waals surface area contributed by atoms with Crippen molar-refractivity contribution in [3.8, 4) is 11.8 Å². The van der Waals surface area contributed by atoms with Crippen molar-refractivity contribution in [3.63, 3.8) is 0 Å². The van der Waals surface area contributed by atoms with Gasteiger partial charge in [-0.2, -0.15) is 0 Å². The summed E-state index contributed by atoms with van der Waals surface area (Å²) < 4.78 is 0. The fourth-order valence-electron chi connectivity index (χ4n) is 2.15. The first-order valence-corrected chi connectivity index (χ1v) is 7.90. The molecule has 2 rings (SSSR count). The van der Waals surface area contributed by atoms with Crippen molar-refractivity contribution >= 4 is 17.5 Å². The van der Waals surface area contributed by atoms with Crippen LogP contribution in [0.15, 0.2) is 48.5 Å². The van der Waals surface area contributed by atoms with Crippen LogP contribution in [0.2, 0.25) is 0 Å². The molecule has 1 atom stereocenters. The summed E-state index contributed by atoms with van der Waals surface area (Å²) in [6, 6.07) is 13.0. The van der Waals surface area contributed by atoms with Crippen LogP contribution in [0.5, 0.6) is 0 Å². The number of hydrogen-bond donors (Lipinski definition) is 5. The van der Waals surface area contributed by atoms with Gasteiger partial charge < -0.3 is 16.4 Å². The lowest BCUT2D eigenvalue weighted by atomic mass is 10.1. The van der Waals surface area contributed by atoms with Crippen LogP contribution in [0.4, 0.5) is 5.69 Å². The van der Waals surface area contributed by atoms with Crippen LogP contribution in [-0.4, -0.2) is 36.7 Å². The highest BCUT2D eigenvalue weighted by Crippen LogP contribution is 2.06. The molecule has 0 bridgehead atoms. The Kier molecular flexibility index (Phi) is 6.74. The van der Waals surface area contributed by atoms with Gasteiger partial charge in [0.15, 0.2) is 0 Å². The molecule has 1 unspecified atom stereocenters. The summed E-state index contributed by atoms with van der Waals surface area (Å²) in [5.74, 6) is 4.90. The third kappa shape index (κ3) is 5.34. The topological polar surface area (TPSA) is 116 Å². The van der Waals surface area contributed by atoms with Crippen molar-refractivity contribution in [1.29, 1.82) is 0 Å². The van der Waals surface area contributed by atoms with Gasteiger partial charge in [-0.05, 0) is 55.6 Å². The molecule has 0 radical (unpaired) electrons. The van der Waals surface area contributed by atoms with E-state index in [4.69, 9.17) is 10.9 Å². The van der Waals surface area contributed by atoms with E-state index in [1.165, 1.54) is 5.48 Å². The number of nitrogens with two attached hydrogens (primary N) is 1. The number of anilines is 1. The molecule has 2 aromatic carbocycles. The van der Waals surface area contributed by atoms with Gasteiger partial charge in [0.2, 0.25) is 0 Å². The lowest BCUT2D eigenvalue weighted by Gasteiger charge is -2.16. The number of nitrogens with one attached hydrogen (secondary N) is 3. The quantitative estimate of drug-likeness (QED) is 0.232. The zero-order valence-electron chi connectivity index (χ0n) is 14.2. The molecule has 7 nitrogen and oxygen atoms in total. The summed E-state index contributed by atoms with van der Waals surface area (Å²) in [6.07, 6.45) is 0. The maximum absolute atomic E-state index is 12.2. The molecule has 2 amide bonds. The third-order valence-corrected chi connectivity index (χ3v) is 3.55. The molecule has 0 heterocycles. The Morgan fingerprint density at radius 3 is 2.08 bits per heavy atom. The largest absolute Gasteiger partial charge is 0.399 e. The second-order valence-corrected chi connectivity index (χ2v) is 5.51. The van der Waals surface area contributed by atoms with Gasteiger partial charge in [0.1, 0.15) is 6.04 Å². The van der Waals surface area contributed by atoms with Crippen LogP contribution in [0.1, 0.15) is 21.5 Å². The number of rotatable bonds is 5. The molecule has 0 aromatic heterocycles. The maximum Gasteiger partial charge on any atom is 0.267 e. The monoisotopic (exact) mass is 352 g/mol. The second kappa shape index (κ2) is 9.22. The van der Waals surface area contributed by atoms with Crippen molar-refractivity contribution in [2.24, 2.45) is 0 Å². The molecule has 6 N–H and O–H groups in total. The fourth-order valence-corrected chi connectivity index (χ4v) is 2.15. The number of benzene rings is 2. The van der Waals surface area contributed by atoms with E-state index in [2.05, 4.69) is 22.5 Å². The molecule has 2 aromatic rings. The number of hydroxylamine groups is 1. The van der Waals surface area contributed by atoms with Crippen molar-refractivity contribution in [3.05, 3.63) is 65.2 Å². The summed E-state index contributed by atoms with van der Waals surface area (Å²) in [6.45, 7) is 0.184. The van der Waals surface area contributed by atoms with Gasteiger partial charge in [-0.25, -0.2) is 5.48 Å². The van der Waals surface area contributed by atoms with Crippen LogP contribution >= 0.6 is 0 Å². The SMILES string of the molecule is CNCC(NC(=O)c1ccc(C#Cc2ccc(N)cc2)cc1)C(=O)NO. The normalized spacial score (nSPS) is 11.0. The van der Waals surface area contributed by atoms with E-state index in [0.29, 0.717) is 11.3 Å². The highest BCUT2D eigenvalue weighted by molar-refractivity contribution is 5.97. The van der Waals surface area contributed by atoms with E-state index in [-0.39, 0.29) is 6.54 Å². The minimum atomic E-state index is -0.887. The van der Waals surface area contributed by atoms with Gasteiger partial charge >= 0.3 is 0 Å². The Labute approximate surface area is 151 Å². The zero-order chi connectivity index (χ0) is 18.9. The molecule has 0 aliphatic heterocycles. The van der Waals surface area contributed by atoms with Crippen LogP contribution in [0.25, 0.3) is 0 Å². The lowest BCUT2D eigenvalue weighted by molar-refractivity contribution is -0.131. The van der Waals surface area contributed by atoms with Crippen molar-refractivity contribution in [2.75, 3.05) is 19.3 Å². The summed E-state index contributed by atoms with van der Waals surface area (Å²) in [7, 11) is 1.64. The molecule has 7 heteroatoms. The number of nitrogen functional groups attached to an aromatic ring is 1. The summed E-state index contributed by atoms with van der Waals surface area (Å²) in [4.78, 5) is 23.7. The Balaban J connectivity index is 2.05. The van der Waals surface area contributed by atoms with E-state index in [0.717, 1.165) is 11.1 Å². The van der Waals surface area contributed by atoms with Gasteiger partial charge in [0.05, 0.1) is 0 Å². The molecule has 0 saturated carbocycles. The first-order chi connectivity index (χ1) is 12.5. The number of carbonyl (C=O) groups is 2. The molecule has 134 valence electrons. The van der Waals surface area contributed by atoms with Crippen LogP contribution in [-0.2, 0) is 4.79 Å².